The molecule has 0 aromatic rings. The van der Waals surface area contributed by atoms with Crippen LogP contribution < -0.4 is 18.9 Å². The van der Waals surface area contributed by atoms with Gasteiger partial charge < -0.3 is 4.55 Å². The number of halogens is 11. The molecule has 0 rings (SSSR count). The van der Waals surface area contributed by atoms with Gasteiger partial charge in [-0.15, -0.1) is 0 Å². The van der Waals surface area contributed by atoms with Crippen molar-refractivity contribution in [3.8, 4) is 0 Å². The molecule has 22 heavy (non-hydrogen) atoms. The molecule has 0 radical (unpaired) electrons. The van der Waals surface area contributed by atoms with Crippen LogP contribution in [-0.2, 0) is 10.1 Å². The molecule has 0 aromatic heterocycles. The summed E-state index contributed by atoms with van der Waals surface area (Å²) in [6, 6.07) is 0. The average Bonchev–Trinajstić information content (AvgIpc) is 2.10. The van der Waals surface area contributed by atoms with Gasteiger partial charge in [0.1, 0.15) is 15.9 Å². The van der Waals surface area contributed by atoms with Gasteiger partial charge in [0.05, 0.1) is 0 Å². The summed E-state index contributed by atoms with van der Waals surface area (Å²) in [5.41, 5.74) is 0. The van der Waals surface area contributed by atoms with Crippen LogP contribution in [0.1, 0.15) is 0 Å². The van der Waals surface area contributed by atoms with Gasteiger partial charge in [-0.2, -0.15) is 48.3 Å². The van der Waals surface area contributed by atoms with Crippen molar-refractivity contribution in [2.24, 2.45) is 0 Å². The Morgan fingerprint density at radius 1 is 0.682 bits per heavy atom. The Morgan fingerprint density at radius 3 is 1.23 bits per heavy atom. The van der Waals surface area contributed by atoms with Crippen LogP contribution in [-0.4, -0.2) is 48.6 Å². The van der Waals surface area contributed by atoms with Crippen LogP contribution in [0, 0.1) is 0 Å². The van der Waals surface area contributed by atoms with E-state index in [1.54, 1.807) is 0 Å². The Kier molecular flexibility index (Phi) is 6.53. The van der Waals surface area contributed by atoms with Crippen LogP contribution in [0.4, 0.5) is 48.3 Å². The Balaban J connectivity index is 0. The molecule has 0 aliphatic heterocycles. The molecule has 0 aromatic carbocycles. The summed E-state index contributed by atoms with van der Waals surface area (Å²) in [6.07, 6.45) is -7.34. The van der Waals surface area contributed by atoms with E-state index in [0.29, 0.717) is 0 Å². The second kappa shape index (κ2) is 5.99. The molecule has 0 atom stereocenters. The summed E-state index contributed by atoms with van der Waals surface area (Å²) in [5.74, 6) is -33.1. The maximum absolute atomic E-state index is 12.7. The van der Waals surface area contributed by atoms with E-state index >= 15 is 0 Å². The van der Waals surface area contributed by atoms with E-state index < -0.39 is 45.7 Å². The molecule has 0 amide bonds. The first-order valence-electron chi connectivity index (χ1n) is 4.22. The summed E-state index contributed by atoms with van der Waals surface area (Å²) < 4.78 is 164. The third-order valence-electron chi connectivity index (χ3n) is 1.96. The third-order valence-corrected chi connectivity index (χ3v) is 2.68. The van der Waals surface area contributed by atoms with Gasteiger partial charge in [-0.3, -0.25) is 0 Å². The van der Waals surface area contributed by atoms with Crippen molar-refractivity contribution in [2.45, 2.75) is 29.9 Å². The molecule has 0 heterocycles. The minimum Gasteiger partial charge on any atom is -0.748 e. The van der Waals surface area contributed by atoms with Crippen LogP contribution in [0.3, 0.4) is 0 Å². The third kappa shape index (κ3) is 3.98. The van der Waals surface area contributed by atoms with Crippen LogP contribution in [0.15, 0.2) is 0 Å². The van der Waals surface area contributed by atoms with Crippen molar-refractivity contribution in [1.29, 1.82) is 0 Å². The van der Waals surface area contributed by atoms with Gasteiger partial charge in [0.15, 0.2) is 0 Å². The zero-order valence-electron chi connectivity index (χ0n) is 10.00. The SMILES string of the molecule is O=S(=O)([O-])CC(F)(F)C(F)(F)C(F)(F)C(F)(F)C(F)(F)F.[Li+]. The predicted molar refractivity (Wildman–Crippen MR) is 40.4 cm³/mol. The Bertz CT molecular complexity index is 496. The quantitative estimate of drug-likeness (QED) is 0.378. The van der Waals surface area contributed by atoms with Crippen molar-refractivity contribution in [3.05, 3.63) is 0 Å². The summed E-state index contributed by atoms with van der Waals surface area (Å²) in [5, 5.41) is 0. The van der Waals surface area contributed by atoms with E-state index in [4.69, 9.17) is 0 Å². The first kappa shape index (κ1) is 24.0. The average molecular weight is 370 g/mol. The van der Waals surface area contributed by atoms with E-state index in [1.165, 1.54) is 0 Å². The van der Waals surface area contributed by atoms with Crippen molar-refractivity contribution in [3.63, 3.8) is 0 Å². The van der Waals surface area contributed by atoms with Crippen molar-refractivity contribution in [1.82, 2.24) is 0 Å². The number of hydrogen-bond acceptors (Lipinski definition) is 3. The molecule has 0 aliphatic rings. The minimum atomic E-state index is -7.72. The molecule has 16 heteroatoms. The molecule has 0 saturated heterocycles. The topological polar surface area (TPSA) is 57.2 Å². The van der Waals surface area contributed by atoms with E-state index in [0.717, 1.165) is 0 Å². The van der Waals surface area contributed by atoms with Gasteiger partial charge in [0.25, 0.3) is 0 Å². The summed E-state index contributed by atoms with van der Waals surface area (Å²) in [4.78, 5) is 0. The van der Waals surface area contributed by atoms with Crippen LogP contribution in [0.5, 0.6) is 0 Å². The van der Waals surface area contributed by atoms with Crippen LogP contribution >= 0.6 is 0 Å². The summed E-state index contributed by atoms with van der Waals surface area (Å²) >= 11 is 0. The zero-order chi connectivity index (χ0) is 17.7. The monoisotopic (exact) mass is 370 g/mol. The molecule has 0 bridgehead atoms. The Labute approximate surface area is 126 Å². The molecule has 3 nitrogen and oxygen atoms in total. The van der Waals surface area contributed by atoms with Crippen molar-refractivity contribution in [2.75, 3.05) is 5.75 Å². The normalized spacial score (nSPS) is 15.5. The molecule has 0 N–H and O–H groups in total. The summed E-state index contributed by atoms with van der Waals surface area (Å²) in [6.45, 7) is 0. The fourth-order valence-electron chi connectivity index (χ4n) is 0.918. The van der Waals surface area contributed by atoms with Crippen LogP contribution in [0.25, 0.3) is 0 Å². The first-order chi connectivity index (χ1) is 8.71. The van der Waals surface area contributed by atoms with E-state index in [1.807, 2.05) is 0 Å². The van der Waals surface area contributed by atoms with Gasteiger partial charge in [0, 0.05) is 0 Å². The molecular formula is C6H2F11LiO3S. The number of alkyl halides is 11. The fourth-order valence-corrected chi connectivity index (χ4v) is 1.54. The van der Waals surface area contributed by atoms with E-state index in [-0.39, 0.29) is 18.9 Å². The second-order valence-corrected chi connectivity index (χ2v) is 5.03. The van der Waals surface area contributed by atoms with Crippen LogP contribution in [0.2, 0.25) is 0 Å². The molecule has 0 aliphatic carbocycles. The number of rotatable bonds is 5. The molecule has 0 saturated carbocycles. The van der Waals surface area contributed by atoms with Gasteiger partial charge >= 0.3 is 48.7 Å². The second-order valence-electron chi connectivity index (χ2n) is 3.63. The Hall–Kier alpha value is -0.263. The fraction of sp³-hybridized carbons (Fsp3) is 1.00. The molecule has 0 unspecified atom stereocenters. The molecule has 0 fully saturated rings. The largest absolute Gasteiger partial charge is 1.00 e. The molecule has 128 valence electrons. The van der Waals surface area contributed by atoms with Gasteiger partial charge in [-0.25, -0.2) is 8.42 Å². The maximum Gasteiger partial charge on any atom is 1.00 e. The number of hydrogen-bond donors (Lipinski definition) is 0. The minimum absolute atomic E-state index is 0. The summed E-state index contributed by atoms with van der Waals surface area (Å²) in [7, 11) is -6.35. The van der Waals surface area contributed by atoms with Gasteiger partial charge in [0.2, 0.25) is 0 Å². The van der Waals surface area contributed by atoms with Crippen molar-refractivity contribution >= 4 is 10.1 Å². The molecular weight excluding hydrogens is 368 g/mol. The van der Waals surface area contributed by atoms with E-state index in [9.17, 15) is 61.3 Å². The zero-order valence-corrected chi connectivity index (χ0v) is 10.8. The van der Waals surface area contributed by atoms with Gasteiger partial charge in [-0.1, -0.05) is 0 Å². The smallest absolute Gasteiger partial charge is 0.748 e. The maximum atomic E-state index is 12.7. The van der Waals surface area contributed by atoms with E-state index in [2.05, 4.69) is 0 Å². The molecule has 0 spiro atoms. The standard InChI is InChI=1S/C6H3F11O3S.Li/c7-2(8,1-21(18,19)20)3(9,10)4(11,12)5(13,14)6(15,16)17;/h1H2,(H,18,19,20);/q;+1/p-1. The van der Waals surface area contributed by atoms with Gasteiger partial charge in [-0.05, 0) is 0 Å². The predicted octanol–water partition coefficient (Wildman–Crippen LogP) is -0.361. The Morgan fingerprint density at radius 2 is 1.00 bits per heavy atom. The first-order valence-corrected chi connectivity index (χ1v) is 5.80. The van der Waals surface area contributed by atoms with Crippen molar-refractivity contribution < 1.29 is 80.1 Å².